The number of fused-ring (bicyclic) bond motifs is 5. The Hall–Kier alpha value is -3.23. The molecular formula is C21H22N4O5. The Morgan fingerprint density at radius 3 is 2.43 bits per heavy atom. The van der Waals surface area contributed by atoms with Crippen LogP contribution in [0, 0.1) is 33.8 Å². The smallest absolute Gasteiger partial charge is 0.294 e. The van der Waals surface area contributed by atoms with Crippen LogP contribution in [0.5, 0.6) is 0 Å². The van der Waals surface area contributed by atoms with Crippen LogP contribution in [-0.4, -0.2) is 35.2 Å². The first-order valence-corrected chi connectivity index (χ1v) is 10.3. The summed E-state index contributed by atoms with van der Waals surface area (Å²) in [6, 6.07) is 3.71. The summed E-state index contributed by atoms with van der Waals surface area (Å²) in [5, 5.41) is 17.5. The molecule has 0 aromatic heterocycles. The Morgan fingerprint density at radius 2 is 1.77 bits per heavy atom. The van der Waals surface area contributed by atoms with E-state index in [1.165, 1.54) is 18.2 Å². The van der Waals surface area contributed by atoms with Gasteiger partial charge in [0.05, 0.1) is 22.4 Å². The average molecular weight is 410 g/mol. The Kier molecular flexibility index (Phi) is 4.34. The number of benzene rings is 1. The number of rotatable bonds is 4. The highest BCUT2D eigenvalue weighted by molar-refractivity contribution is 6.23. The van der Waals surface area contributed by atoms with E-state index in [1.807, 2.05) is 12.2 Å². The number of carbonyl (C=O) groups excluding carboxylic acids is 3. The van der Waals surface area contributed by atoms with Gasteiger partial charge in [-0.2, -0.15) is 0 Å². The maximum atomic E-state index is 13.0. The zero-order chi connectivity index (χ0) is 21.0. The molecule has 2 bridgehead atoms. The summed E-state index contributed by atoms with van der Waals surface area (Å²) in [5.74, 6) is -1.32. The molecule has 0 unspecified atom stereocenters. The SMILES string of the molecule is O=C1NCCCC[C@@H]1Nc1ccc(N2C(=O)[C@H]3[C@H](C2=O)[C@H]2C=C[C@H]3C2)cc1[N+](=O)[O-]. The molecule has 2 N–H and O–H groups in total. The van der Waals surface area contributed by atoms with Gasteiger partial charge in [-0.25, -0.2) is 4.90 Å². The molecule has 3 amide bonds. The van der Waals surface area contributed by atoms with Gasteiger partial charge in [0.25, 0.3) is 5.69 Å². The van der Waals surface area contributed by atoms with Crippen molar-refractivity contribution in [1.82, 2.24) is 5.32 Å². The molecule has 5 atom stereocenters. The van der Waals surface area contributed by atoms with Gasteiger partial charge in [0.2, 0.25) is 17.7 Å². The number of imide groups is 1. The number of allylic oxidation sites excluding steroid dienone is 2. The van der Waals surface area contributed by atoms with E-state index in [0.717, 1.165) is 24.2 Å². The van der Waals surface area contributed by atoms with Crippen LogP contribution in [0.25, 0.3) is 0 Å². The predicted molar refractivity (Wildman–Crippen MR) is 108 cm³/mol. The van der Waals surface area contributed by atoms with Gasteiger partial charge in [-0.15, -0.1) is 0 Å². The molecular weight excluding hydrogens is 388 g/mol. The van der Waals surface area contributed by atoms with Crippen molar-refractivity contribution in [2.24, 2.45) is 23.7 Å². The molecule has 9 heteroatoms. The third-order valence-electron chi connectivity index (χ3n) is 6.77. The molecule has 30 heavy (non-hydrogen) atoms. The lowest BCUT2D eigenvalue weighted by Crippen LogP contribution is -2.38. The first kappa shape index (κ1) is 18.8. The van der Waals surface area contributed by atoms with Gasteiger partial charge in [0.15, 0.2) is 0 Å². The second-order valence-corrected chi connectivity index (χ2v) is 8.45. The van der Waals surface area contributed by atoms with Crippen LogP contribution in [0.3, 0.4) is 0 Å². The highest BCUT2D eigenvalue weighted by atomic mass is 16.6. The van der Waals surface area contributed by atoms with Crippen molar-refractivity contribution in [3.63, 3.8) is 0 Å². The van der Waals surface area contributed by atoms with Crippen LogP contribution >= 0.6 is 0 Å². The quantitative estimate of drug-likeness (QED) is 0.339. The van der Waals surface area contributed by atoms with Crippen molar-refractivity contribution in [2.45, 2.75) is 31.7 Å². The minimum atomic E-state index is -0.562. The first-order valence-electron chi connectivity index (χ1n) is 10.3. The number of hydrogen-bond acceptors (Lipinski definition) is 6. The van der Waals surface area contributed by atoms with Crippen molar-refractivity contribution in [2.75, 3.05) is 16.8 Å². The van der Waals surface area contributed by atoms with Crippen molar-refractivity contribution in [1.29, 1.82) is 0 Å². The number of nitro benzene ring substituents is 1. The monoisotopic (exact) mass is 410 g/mol. The Labute approximate surface area is 172 Å². The minimum Gasteiger partial charge on any atom is -0.368 e. The van der Waals surface area contributed by atoms with Crippen molar-refractivity contribution in [3.8, 4) is 0 Å². The third-order valence-corrected chi connectivity index (χ3v) is 6.77. The summed E-state index contributed by atoms with van der Waals surface area (Å²) in [6.07, 6.45) is 7.11. The van der Waals surface area contributed by atoms with Crippen LogP contribution in [0.2, 0.25) is 0 Å². The molecule has 156 valence electrons. The Morgan fingerprint density at radius 1 is 1.07 bits per heavy atom. The van der Waals surface area contributed by atoms with E-state index in [2.05, 4.69) is 10.6 Å². The summed E-state index contributed by atoms with van der Waals surface area (Å²) in [5.41, 5.74) is 0.150. The van der Waals surface area contributed by atoms with Crippen molar-refractivity contribution in [3.05, 3.63) is 40.5 Å². The molecule has 1 saturated carbocycles. The molecule has 2 saturated heterocycles. The van der Waals surface area contributed by atoms with Gasteiger partial charge >= 0.3 is 0 Å². The minimum absolute atomic E-state index is 0.0751. The van der Waals surface area contributed by atoms with Gasteiger partial charge < -0.3 is 10.6 Å². The summed E-state index contributed by atoms with van der Waals surface area (Å²) in [4.78, 5) is 50.4. The van der Waals surface area contributed by atoms with Crippen LogP contribution in [-0.2, 0) is 14.4 Å². The first-order chi connectivity index (χ1) is 14.5. The van der Waals surface area contributed by atoms with Crippen LogP contribution in [0.1, 0.15) is 25.7 Å². The predicted octanol–water partition coefficient (Wildman–Crippen LogP) is 1.99. The topological polar surface area (TPSA) is 122 Å². The fourth-order valence-electron chi connectivity index (χ4n) is 5.35. The maximum Gasteiger partial charge on any atom is 0.294 e. The number of nitrogens with zero attached hydrogens (tertiary/aromatic N) is 2. The lowest BCUT2D eigenvalue weighted by Gasteiger charge is -2.20. The van der Waals surface area contributed by atoms with E-state index in [4.69, 9.17) is 0 Å². The number of hydrogen-bond donors (Lipinski definition) is 2. The van der Waals surface area contributed by atoms with Crippen molar-refractivity contribution >= 4 is 34.8 Å². The van der Waals surface area contributed by atoms with Crippen molar-refractivity contribution < 1.29 is 19.3 Å². The molecule has 2 aliphatic heterocycles. The molecule has 4 aliphatic rings. The number of anilines is 2. The number of nitrogens with one attached hydrogen (secondary N) is 2. The average Bonchev–Trinajstić information content (AvgIpc) is 3.36. The normalized spacial score (nSPS) is 32.2. The zero-order valence-electron chi connectivity index (χ0n) is 16.2. The molecule has 9 nitrogen and oxygen atoms in total. The molecule has 0 spiro atoms. The lowest BCUT2D eigenvalue weighted by molar-refractivity contribution is -0.383. The molecule has 2 heterocycles. The summed E-state index contributed by atoms with van der Waals surface area (Å²) in [6.45, 7) is 0.594. The highest BCUT2D eigenvalue weighted by Crippen LogP contribution is 2.53. The summed E-state index contributed by atoms with van der Waals surface area (Å²) >= 11 is 0. The highest BCUT2D eigenvalue weighted by Gasteiger charge is 2.59. The standard InChI is InChI=1S/C21H22N4O5/c26-19-15(3-1-2-8-22-19)23-14-7-6-13(10-16(14)25(29)30)24-20(27)17-11-4-5-12(9-11)18(17)21(24)28/h4-7,10-12,15,17-18,23H,1-3,8-9H2,(H,22,26)/t11-,12-,15-,17+,18+/m0/s1. The van der Waals surface area contributed by atoms with Gasteiger partial charge in [-0.3, -0.25) is 24.5 Å². The van der Waals surface area contributed by atoms with E-state index in [-0.39, 0.29) is 58.5 Å². The third kappa shape index (κ3) is 2.79. The van der Waals surface area contributed by atoms with Gasteiger partial charge in [0.1, 0.15) is 11.7 Å². The van der Waals surface area contributed by atoms with E-state index in [0.29, 0.717) is 13.0 Å². The molecule has 3 fully saturated rings. The molecule has 2 aliphatic carbocycles. The van der Waals surface area contributed by atoms with E-state index in [1.54, 1.807) is 0 Å². The summed E-state index contributed by atoms with van der Waals surface area (Å²) < 4.78 is 0. The lowest BCUT2D eigenvalue weighted by atomic mass is 9.85. The second kappa shape index (κ2) is 6.93. The summed E-state index contributed by atoms with van der Waals surface area (Å²) in [7, 11) is 0. The van der Waals surface area contributed by atoms with Gasteiger partial charge in [-0.1, -0.05) is 12.2 Å². The van der Waals surface area contributed by atoms with E-state index >= 15 is 0 Å². The van der Waals surface area contributed by atoms with E-state index in [9.17, 15) is 24.5 Å². The fourth-order valence-corrected chi connectivity index (χ4v) is 5.35. The number of nitro groups is 1. The number of amides is 3. The molecule has 1 aromatic carbocycles. The molecule has 5 rings (SSSR count). The van der Waals surface area contributed by atoms with Crippen LogP contribution in [0.4, 0.5) is 17.1 Å². The van der Waals surface area contributed by atoms with Gasteiger partial charge in [-0.05, 0) is 49.7 Å². The fraction of sp³-hybridized carbons (Fsp3) is 0.476. The van der Waals surface area contributed by atoms with E-state index < -0.39 is 11.0 Å². The Balaban J connectivity index is 1.44. The largest absolute Gasteiger partial charge is 0.368 e. The van der Waals surface area contributed by atoms with Crippen LogP contribution < -0.4 is 15.5 Å². The maximum absolute atomic E-state index is 13.0. The second-order valence-electron chi connectivity index (χ2n) is 8.45. The Bertz CT molecular complexity index is 960. The molecule has 1 aromatic rings. The number of carbonyl (C=O) groups is 3. The van der Waals surface area contributed by atoms with Crippen LogP contribution in [0.15, 0.2) is 30.4 Å². The molecule has 0 radical (unpaired) electrons. The zero-order valence-corrected chi connectivity index (χ0v) is 16.2. The van der Waals surface area contributed by atoms with Gasteiger partial charge in [0, 0.05) is 12.6 Å².